The lowest BCUT2D eigenvalue weighted by atomic mass is 10.2. The minimum atomic E-state index is -4.98. The molecule has 21 heavy (non-hydrogen) atoms. The fourth-order valence-corrected chi connectivity index (χ4v) is 1.73. The molecule has 0 saturated carbocycles. The maximum atomic E-state index is 12.3. The highest BCUT2D eigenvalue weighted by Crippen LogP contribution is 2.22. The number of halogens is 3. The quantitative estimate of drug-likeness (QED) is 0.494. The van der Waals surface area contributed by atoms with Gasteiger partial charge in [-0.05, 0) is 0 Å². The lowest BCUT2D eigenvalue weighted by molar-refractivity contribution is -0.385. The van der Waals surface area contributed by atoms with Gasteiger partial charge in [0.15, 0.2) is 0 Å². The number of carbonyl (C=O) groups excluding carboxylic acids is 1. The number of benzene rings is 1. The molecule has 6 nitrogen and oxygen atoms in total. The molecule has 0 aliphatic rings. The van der Waals surface area contributed by atoms with E-state index in [2.05, 4.69) is 5.10 Å². The summed E-state index contributed by atoms with van der Waals surface area (Å²) in [6, 6.07) is 5.78. The molecule has 0 saturated heterocycles. The van der Waals surface area contributed by atoms with Crippen LogP contribution in [0.1, 0.15) is 15.9 Å². The van der Waals surface area contributed by atoms with Gasteiger partial charge in [-0.25, -0.2) is 0 Å². The number of nitro benzene ring substituents is 1. The molecular weight excluding hydrogens is 291 g/mol. The van der Waals surface area contributed by atoms with Gasteiger partial charge in [-0.15, -0.1) is 0 Å². The van der Waals surface area contributed by atoms with Crippen LogP contribution in [0, 0.1) is 10.1 Å². The van der Waals surface area contributed by atoms with Gasteiger partial charge in [0.1, 0.15) is 0 Å². The van der Waals surface area contributed by atoms with Crippen LogP contribution in [-0.2, 0) is 6.54 Å². The van der Waals surface area contributed by atoms with Crippen molar-refractivity contribution in [1.82, 2.24) is 9.78 Å². The Morgan fingerprint density at radius 2 is 2.00 bits per heavy atom. The largest absolute Gasteiger partial charge is 0.454 e. The number of para-hydroxylation sites is 1. The molecular formula is C12H8F3N3O3. The summed E-state index contributed by atoms with van der Waals surface area (Å²) in [5, 5.41) is 14.4. The molecule has 1 aromatic heterocycles. The third kappa shape index (κ3) is 3.25. The van der Waals surface area contributed by atoms with Crippen LogP contribution in [0.3, 0.4) is 0 Å². The zero-order chi connectivity index (χ0) is 15.6. The van der Waals surface area contributed by atoms with Crippen LogP contribution in [0.15, 0.2) is 36.7 Å². The van der Waals surface area contributed by atoms with Crippen LogP contribution in [0.4, 0.5) is 18.9 Å². The molecule has 0 aliphatic carbocycles. The first kappa shape index (κ1) is 14.7. The van der Waals surface area contributed by atoms with Crippen molar-refractivity contribution >= 4 is 11.5 Å². The van der Waals surface area contributed by atoms with Crippen LogP contribution in [0.25, 0.3) is 0 Å². The topological polar surface area (TPSA) is 78.0 Å². The van der Waals surface area contributed by atoms with E-state index >= 15 is 0 Å². The summed E-state index contributed by atoms with van der Waals surface area (Å²) in [5.74, 6) is -2.00. The van der Waals surface area contributed by atoms with Crippen molar-refractivity contribution in [2.24, 2.45) is 0 Å². The van der Waals surface area contributed by atoms with E-state index in [-0.39, 0.29) is 17.8 Å². The zero-order valence-electron chi connectivity index (χ0n) is 10.4. The second-order valence-electron chi connectivity index (χ2n) is 4.14. The number of nitrogens with zero attached hydrogens (tertiary/aromatic N) is 3. The van der Waals surface area contributed by atoms with Crippen molar-refractivity contribution in [1.29, 1.82) is 0 Å². The van der Waals surface area contributed by atoms with Crippen molar-refractivity contribution in [2.75, 3.05) is 0 Å². The van der Waals surface area contributed by atoms with Crippen LogP contribution in [0.5, 0.6) is 0 Å². The molecule has 0 fully saturated rings. The number of carbonyl (C=O) groups is 1. The predicted molar refractivity (Wildman–Crippen MR) is 64.8 cm³/mol. The number of aromatic nitrogens is 2. The van der Waals surface area contributed by atoms with E-state index in [0.717, 1.165) is 17.1 Å². The molecule has 0 bridgehead atoms. The number of hydrogen-bond acceptors (Lipinski definition) is 4. The highest BCUT2D eigenvalue weighted by Gasteiger charge is 2.40. The van der Waals surface area contributed by atoms with E-state index in [4.69, 9.17) is 0 Å². The third-order valence-electron chi connectivity index (χ3n) is 2.67. The molecule has 0 unspecified atom stereocenters. The number of rotatable bonds is 4. The smallest absolute Gasteiger partial charge is 0.284 e. The minimum Gasteiger partial charge on any atom is -0.284 e. The summed E-state index contributed by atoms with van der Waals surface area (Å²) in [4.78, 5) is 21.3. The molecule has 110 valence electrons. The average molecular weight is 299 g/mol. The van der Waals surface area contributed by atoms with Crippen LogP contribution >= 0.6 is 0 Å². The Labute approximate surface area is 116 Å². The SMILES string of the molecule is O=C(c1cnn(Cc2ccccc2[N+](=O)[O-])c1)C(F)(F)F. The van der Waals surface area contributed by atoms with Crippen molar-refractivity contribution in [3.05, 3.63) is 57.9 Å². The summed E-state index contributed by atoms with van der Waals surface area (Å²) in [7, 11) is 0. The summed E-state index contributed by atoms with van der Waals surface area (Å²) in [5.41, 5.74) is -0.505. The van der Waals surface area contributed by atoms with Gasteiger partial charge in [-0.2, -0.15) is 18.3 Å². The molecule has 9 heteroatoms. The van der Waals surface area contributed by atoms with Gasteiger partial charge >= 0.3 is 6.18 Å². The monoisotopic (exact) mass is 299 g/mol. The average Bonchev–Trinajstić information content (AvgIpc) is 2.85. The lowest BCUT2D eigenvalue weighted by Gasteiger charge is -2.03. The third-order valence-corrected chi connectivity index (χ3v) is 2.67. The molecule has 0 radical (unpaired) electrons. The van der Waals surface area contributed by atoms with Crippen molar-refractivity contribution in [3.63, 3.8) is 0 Å². The summed E-state index contributed by atoms with van der Waals surface area (Å²) >= 11 is 0. The molecule has 0 spiro atoms. The van der Waals surface area contributed by atoms with Gasteiger partial charge in [-0.3, -0.25) is 19.6 Å². The maximum absolute atomic E-state index is 12.3. The Morgan fingerprint density at radius 3 is 2.62 bits per heavy atom. The highest BCUT2D eigenvalue weighted by atomic mass is 19.4. The highest BCUT2D eigenvalue weighted by molar-refractivity contribution is 5.99. The molecule has 1 heterocycles. The first-order chi connectivity index (χ1) is 9.79. The predicted octanol–water partition coefficient (Wildman–Crippen LogP) is 2.58. The Kier molecular flexibility index (Phi) is 3.74. The fraction of sp³-hybridized carbons (Fsp3) is 0.167. The van der Waals surface area contributed by atoms with Crippen molar-refractivity contribution in [3.8, 4) is 0 Å². The van der Waals surface area contributed by atoms with Crippen molar-refractivity contribution in [2.45, 2.75) is 12.7 Å². The van der Waals surface area contributed by atoms with E-state index < -0.39 is 22.4 Å². The van der Waals surface area contributed by atoms with Gasteiger partial charge < -0.3 is 0 Å². The van der Waals surface area contributed by atoms with Gasteiger partial charge in [0.25, 0.3) is 11.5 Å². The van der Waals surface area contributed by atoms with Crippen LogP contribution in [0.2, 0.25) is 0 Å². The van der Waals surface area contributed by atoms with E-state index in [1.807, 2.05) is 0 Å². The zero-order valence-corrected chi connectivity index (χ0v) is 10.4. The van der Waals surface area contributed by atoms with E-state index in [1.165, 1.54) is 18.2 Å². The Hall–Kier alpha value is -2.71. The Balaban J connectivity index is 2.25. The van der Waals surface area contributed by atoms with Gasteiger partial charge in [0.2, 0.25) is 0 Å². The van der Waals surface area contributed by atoms with Crippen molar-refractivity contribution < 1.29 is 22.9 Å². The number of nitro groups is 1. The summed E-state index contributed by atoms with van der Waals surface area (Å²) in [6.07, 6.45) is -3.29. The molecule has 0 amide bonds. The van der Waals surface area contributed by atoms with Crippen LogP contribution in [-0.4, -0.2) is 26.7 Å². The van der Waals surface area contributed by atoms with Crippen LogP contribution < -0.4 is 0 Å². The Morgan fingerprint density at radius 1 is 1.33 bits per heavy atom. The van der Waals surface area contributed by atoms with E-state index in [1.54, 1.807) is 6.07 Å². The summed E-state index contributed by atoms with van der Waals surface area (Å²) in [6.45, 7) is -0.109. The number of ketones is 1. The molecule has 2 rings (SSSR count). The molecule has 0 atom stereocenters. The second kappa shape index (κ2) is 5.35. The minimum absolute atomic E-state index is 0.109. The normalized spacial score (nSPS) is 11.4. The first-order valence-corrected chi connectivity index (χ1v) is 5.65. The van der Waals surface area contributed by atoms with Gasteiger partial charge in [0.05, 0.1) is 28.8 Å². The lowest BCUT2D eigenvalue weighted by Crippen LogP contribution is -2.22. The standard InChI is InChI=1S/C12H8F3N3O3/c13-12(14,15)11(19)9-5-16-17(7-9)6-8-3-1-2-4-10(8)18(20)21/h1-5,7H,6H2. The number of Topliss-reactive ketones (excluding diaryl/α,β-unsaturated/α-hetero) is 1. The number of alkyl halides is 3. The summed E-state index contributed by atoms with van der Waals surface area (Å²) < 4.78 is 37.8. The van der Waals surface area contributed by atoms with Gasteiger partial charge in [-0.1, -0.05) is 18.2 Å². The maximum Gasteiger partial charge on any atom is 0.454 e. The van der Waals surface area contributed by atoms with Gasteiger partial charge in [0, 0.05) is 12.3 Å². The first-order valence-electron chi connectivity index (χ1n) is 5.65. The molecule has 2 aromatic rings. The van der Waals surface area contributed by atoms with E-state index in [9.17, 15) is 28.1 Å². The number of hydrogen-bond donors (Lipinski definition) is 0. The molecule has 0 N–H and O–H groups in total. The molecule has 0 aliphatic heterocycles. The second-order valence-corrected chi connectivity index (χ2v) is 4.14. The fourth-order valence-electron chi connectivity index (χ4n) is 1.73. The van der Waals surface area contributed by atoms with E-state index in [0.29, 0.717) is 0 Å². The molecule has 1 aromatic carbocycles. The Bertz CT molecular complexity index is 694.